The molecule has 2 fully saturated rings. The van der Waals surface area contributed by atoms with Crippen molar-refractivity contribution < 1.29 is 42.5 Å². The summed E-state index contributed by atoms with van der Waals surface area (Å²) >= 11 is 23.0. The number of Topliss-reactive ketones (excluding diaryl/α,β-unsaturated/α-hetero) is 1. The standard InChI is InChI=1S/C24H22Cl2FN3O3.C13H17ClFN3O2.C10H6ClNO2/c25-17-3-8-22-16(11-17)2-7-23(28-22)24(32)29-30-10-9-15(13-30)1-4-18(31)14-33-19-5-6-20(26)21(27)12-19;14-11-2-1-10(5-12(11)15)20-8-13(19)17-6-9-3-4-18(16)7-9;11-7-2-4-8-6(5-7)1-3-9(12-8)10(13)14/h2-3,5-8,11-12,15H,1,4,9-10,13-14H2,(H,29,32);1-2,5,9H,3-4,6-8,16H2,(H,17,19);1-5H,(H,13,14). The normalized spacial score (nSPS) is 15.8. The van der Waals surface area contributed by atoms with Gasteiger partial charge in [-0.05, 0) is 104 Å². The van der Waals surface area contributed by atoms with Crippen molar-refractivity contribution in [2.45, 2.75) is 25.7 Å². The predicted octanol–water partition coefficient (Wildman–Crippen LogP) is 8.83. The fraction of sp³-hybridized carbons (Fsp3) is 0.277. The van der Waals surface area contributed by atoms with Gasteiger partial charge in [0.1, 0.15) is 41.1 Å². The van der Waals surface area contributed by atoms with Gasteiger partial charge in [-0.25, -0.2) is 33.6 Å². The fourth-order valence-electron chi connectivity index (χ4n) is 7.03. The Hall–Kier alpha value is -5.72. The molecule has 2 aliphatic rings. The van der Waals surface area contributed by atoms with Crippen molar-refractivity contribution in [1.82, 2.24) is 30.7 Å². The summed E-state index contributed by atoms with van der Waals surface area (Å²) < 4.78 is 37.1. The number of nitrogens with two attached hydrogens (primary N) is 1. The zero-order chi connectivity index (χ0) is 48.0. The molecule has 352 valence electrons. The molecule has 2 aliphatic heterocycles. The van der Waals surface area contributed by atoms with Crippen molar-refractivity contribution in [3.8, 4) is 11.5 Å². The number of carboxylic acid groups (broad SMARTS) is 1. The molecule has 5 N–H and O–H groups in total. The zero-order valence-electron chi connectivity index (χ0n) is 35.7. The largest absolute Gasteiger partial charge is 0.486 e. The number of rotatable bonds is 14. The highest BCUT2D eigenvalue weighted by Gasteiger charge is 2.25. The molecular formula is C47H45Cl4F2N7O7. The number of nitrogens with zero attached hydrogens (tertiary/aromatic N) is 4. The van der Waals surface area contributed by atoms with Crippen LogP contribution in [0.5, 0.6) is 11.5 Å². The number of benzene rings is 4. The van der Waals surface area contributed by atoms with Crippen molar-refractivity contribution in [1.29, 1.82) is 0 Å². The quantitative estimate of drug-likeness (QED) is 0.0761. The summed E-state index contributed by atoms with van der Waals surface area (Å²) in [6.45, 7) is 3.29. The van der Waals surface area contributed by atoms with E-state index in [1.807, 2.05) is 11.1 Å². The van der Waals surface area contributed by atoms with Crippen LogP contribution in [0.2, 0.25) is 20.1 Å². The van der Waals surface area contributed by atoms with Crippen molar-refractivity contribution in [3.63, 3.8) is 0 Å². The van der Waals surface area contributed by atoms with Crippen LogP contribution in [-0.4, -0.2) is 94.6 Å². The number of halogens is 6. The maximum Gasteiger partial charge on any atom is 0.354 e. The molecule has 2 amide bonds. The van der Waals surface area contributed by atoms with Crippen LogP contribution >= 0.6 is 46.4 Å². The summed E-state index contributed by atoms with van der Waals surface area (Å²) in [7, 11) is 0. The highest BCUT2D eigenvalue weighted by Crippen LogP contribution is 2.24. The summed E-state index contributed by atoms with van der Waals surface area (Å²) in [6, 6.07) is 25.2. The van der Waals surface area contributed by atoms with E-state index in [1.165, 1.54) is 30.3 Å². The van der Waals surface area contributed by atoms with Gasteiger partial charge in [-0.2, -0.15) is 0 Å². The Morgan fingerprint density at radius 2 is 1.27 bits per heavy atom. The second-order valence-electron chi connectivity index (χ2n) is 15.7. The molecule has 0 bridgehead atoms. The first-order valence-electron chi connectivity index (χ1n) is 20.9. The maximum atomic E-state index is 13.4. The van der Waals surface area contributed by atoms with Crippen LogP contribution in [0.25, 0.3) is 21.8 Å². The topological polar surface area (TPSA) is 189 Å². The number of aromatic nitrogens is 2. The number of fused-ring (bicyclic) bond motifs is 2. The van der Waals surface area contributed by atoms with Crippen LogP contribution in [0.15, 0.2) is 97.1 Å². The minimum absolute atomic E-state index is 0.00728. The molecule has 0 spiro atoms. The van der Waals surface area contributed by atoms with E-state index in [4.69, 9.17) is 66.8 Å². The Morgan fingerprint density at radius 3 is 1.84 bits per heavy atom. The van der Waals surface area contributed by atoms with Gasteiger partial charge >= 0.3 is 5.97 Å². The molecule has 67 heavy (non-hydrogen) atoms. The third kappa shape index (κ3) is 15.7. The average Bonchev–Trinajstić information content (AvgIpc) is 3.96. The van der Waals surface area contributed by atoms with E-state index in [0.717, 1.165) is 48.8 Å². The highest BCUT2D eigenvalue weighted by atomic mass is 35.5. The Labute approximate surface area is 404 Å². The number of ether oxygens (including phenoxy) is 2. The first-order chi connectivity index (χ1) is 32.1. The van der Waals surface area contributed by atoms with Crippen LogP contribution in [0.3, 0.4) is 0 Å². The molecule has 2 atom stereocenters. The number of pyridine rings is 2. The lowest BCUT2D eigenvalue weighted by Gasteiger charge is -2.17. The van der Waals surface area contributed by atoms with Crippen molar-refractivity contribution in [2.75, 3.05) is 45.9 Å². The predicted molar refractivity (Wildman–Crippen MR) is 253 cm³/mol. The van der Waals surface area contributed by atoms with Crippen LogP contribution in [0.1, 0.15) is 46.7 Å². The smallest absolute Gasteiger partial charge is 0.354 e. The summed E-state index contributed by atoms with van der Waals surface area (Å²) in [6.07, 6.45) is 2.90. The zero-order valence-corrected chi connectivity index (χ0v) is 38.7. The molecule has 4 heterocycles. The summed E-state index contributed by atoms with van der Waals surface area (Å²) in [5.41, 5.74) is 4.61. The maximum absolute atomic E-state index is 13.4. The molecule has 20 heteroatoms. The minimum atomic E-state index is -1.03. The summed E-state index contributed by atoms with van der Waals surface area (Å²) in [5, 5.41) is 18.1. The van der Waals surface area contributed by atoms with Crippen LogP contribution in [0, 0.1) is 23.5 Å². The van der Waals surface area contributed by atoms with Crippen LogP contribution in [-0.2, 0) is 9.59 Å². The third-order valence-electron chi connectivity index (χ3n) is 10.6. The van der Waals surface area contributed by atoms with E-state index < -0.39 is 17.6 Å². The number of carboxylic acids is 1. The van der Waals surface area contributed by atoms with E-state index >= 15 is 0 Å². The van der Waals surface area contributed by atoms with E-state index in [0.29, 0.717) is 65.2 Å². The minimum Gasteiger partial charge on any atom is -0.486 e. The summed E-state index contributed by atoms with van der Waals surface area (Å²) in [5.74, 6) is 4.09. The van der Waals surface area contributed by atoms with Crippen LogP contribution < -0.4 is 26.1 Å². The van der Waals surface area contributed by atoms with Crippen molar-refractivity contribution in [2.24, 2.45) is 17.7 Å². The van der Waals surface area contributed by atoms with Crippen molar-refractivity contribution >= 4 is 91.8 Å². The molecule has 14 nitrogen and oxygen atoms in total. The van der Waals surface area contributed by atoms with Gasteiger partial charge in [-0.15, -0.1) is 0 Å². The number of hydrazine groups is 2. The Bertz CT molecular complexity index is 2740. The monoisotopic (exact) mass is 997 g/mol. The molecule has 6 aromatic rings. The number of carbonyl (C=O) groups excluding carboxylic acids is 3. The van der Waals surface area contributed by atoms with Crippen LogP contribution in [0.4, 0.5) is 8.78 Å². The Morgan fingerprint density at radius 1 is 0.701 bits per heavy atom. The number of nitrogens with one attached hydrogen (secondary N) is 2. The van der Waals surface area contributed by atoms with Gasteiger partial charge in [0.2, 0.25) is 0 Å². The Balaban J connectivity index is 0.000000184. The second-order valence-corrected chi connectivity index (χ2v) is 17.4. The molecule has 4 aromatic carbocycles. The lowest BCUT2D eigenvalue weighted by Crippen LogP contribution is -2.41. The molecular weight excluding hydrogens is 954 g/mol. The molecule has 0 aliphatic carbocycles. The first-order valence-corrected chi connectivity index (χ1v) is 22.4. The fourth-order valence-corrected chi connectivity index (χ4v) is 7.63. The highest BCUT2D eigenvalue weighted by molar-refractivity contribution is 6.32. The molecule has 2 aromatic heterocycles. The first kappa shape index (κ1) is 50.7. The molecule has 0 radical (unpaired) electrons. The molecule has 8 rings (SSSR count). The van der Waals surface area contributed by atoms with Gasteiger partial charge < -0.3 is 19.9 Å². The van der Waals surface area contributed by atoms with Gasteiger partial charge in [0.05, 0.1) is 21.1 Å². The number of carbonyl (C=O) groups is 4. The average molecular weight is 1000 g/mol. The number of hydrogen-bond donors (Lipinski definition) is 4. The lowest BCUT2D eigenvalue weighted by molar-refractivity contribution is -0.123. The lowest BCUT2D eigenvalue weighted by atomic mass is 10.0. The number of aromatic carboxylic acids is 1. The van der Waals surface area contributed by atoms with Gasteiger partial charge in [0, 0.05) is 72.1 Å². The van der Waals surface area contributed by atoms with E-state index in [2.05, 4.69) is 20.7 Å². The van der Waals surface area contributed by atoms with Gasteiger partial charge in [-0.3, -0.25) is 25.7 Å². The SMILES string of the molecule is NN1CCC(CNC(=O)COc2ccc(Cl)c(F)c2)C1.O=C(CCC1CCN(NC(=O)c2ccc3cc(Cl)ccc3n2)C1)COc1ccc(Cl)c(F)c1.O=C(O)c1ccc2cc(Cl)ccc2n1. The molecule has 0 saturated carbocycles. The third-order valence-corrected chi connectivity index (χ3v) is 11.7. The van der Waals surface area contributed by atoms with Gasteiger partial charge in [-0.1, -0.05) is 58.5 Å². The number of amides is 2. The number of ketones is 1. The van der Waals surface area contributed by atoms with Gasteiger partial charge in [0.15, 0.2) is 12.4 Å². The van der Waals surface area contributed by atoms with E-state index in [-0.39, 0.29) is 64.0 Å². The van der Waals surface area contributed by atoms with E-state index in [1.54, 1.807) is 53.5 Å². The summed E-state index contributed by atoms with van der Waals surface area (Å²) in [4.78, 5) is 55.3. The number of hydrogen-bond acceptors (Lipinski definition) is 11. The second kappa shape index (κ2) is 24.3. The van der Waals surface area contributed by atoms with E-state index in [9.17, 15) is 28.0 Å². The Kier molecular flexibility index (Phi) is 18.4. The molecule has 2 unspecified atom stereocenters. The van der Waals surface area contributed by atoms with Gasteiger partial charge in [0.25, 0.3) is 11.8 Å². The molecule has 2 saturated heterocycles. The van der Waals surface area contributed by atoms with Crippen molar-refractivity contribution in [3.05, 3.63) is 140 Å².